The summed E-state index contributed by atoms with van der Waals surface area (Å²) in [5, 5.41) is 13.7. The Hall–Kier alpha value is -2.85. The molecule has 2 heterocycles. The van der Waals surface area contributed by atoms with Crippen LogP contribution in [-0.4, -0.2) is 35.4 Å². The molecule has 0 amide bonds. The lowest BCUT2D eigenvalue weighted by Gasteiger charge is -2.26. The van der Waals surface area contributed by atoms with Crippen LogP contribution in [0.3, 0.4) is 0 Å². The quantitative estimate of drug-likeness (QED) is 0.807. The van der Waals surface area contributed by atoms with E-state index in [4.69, 9.17) is 9.47 Å². The van der Waals surface area contributed by atoms with Gasteiger partial charge >= 0.3 is 0 Å². The SMILES string of the molecule is COc1ccc([C@@H]2CCCN2Cn2nc(C)c(C)c(C#N)c2=O)c(OC)c1. The first-order chi connectivity index (χ1) is 13.0. The molecule has 3 rings (SSSR count). The lowest BCUT2D eigenvalue weighted by atomic mass is 10.0. The Morgan fingerprint density at radius 2 is 2.07 bits per heavy atom. The molecule has 1 saturated heterocycles. The number of hydrogen-bond acceptors (Lipinski definition) is 6. The average molecular weight is 368 g/mol. The number of nitrogens with zero attached hydrogens (tertiary/aromatic N) is 4. The Labute approximate surface area is 158 Å². The van der Waals surface area contributed by atoms with Crippen molar-refractivity contribution in [2.45, 2.75) is 39.4 Å². The highest BCUT2D eigenvalue weighted by Gasteiger charge is 2.29. The number of methoxy groups -OCH3 is 2. The van der Waals surface area contributed by atoms with Gasteiger partial charge in [0.05, 0.1) is 26.6 Å². The fraction of sp³-hybridized carbons (Fsp3) is 0.450. The molecule has 7 nitrogen and oxygen atoms in total. The summed E-state index contributed by atoms with van der Waals surface area (Å²) in [6.45, 7) is 4.77. The standard InChI is InChI=1S/C20H24N4O3/c1-13-14(2)22-24(20(25)17(13)11-21)12-23-9-5-6-18(23)16-8-7-15(26-3)10-19(16)27-4/h7-8,10,18H,5-6,9,12H2,1-4H3/t18-/m0/s1. The van der Waals surface area contributed by atoms with Crippen LogP contribution < -0.4 is 15.0 Å². The first-order valence-corrected chi connectivity index (χ1v) is 8.94. The Morgan fingerprint density at radius 3 is 2.74 bits per heavy atom. The van der Waals surface area contributed by atoms with E-state index in [1.807, 2.05) is 31.2 Å². The molecular weight excluding hydrogens is 344 g/mol. The van der Waals surface area contributed by atoms with Gasteiger partial charge in [0.2, 0.25) is 0 Å². The molecular formula is C20H24N4O3. The van der Waals surface area contributed by atoms with E-state index in [0.29, 0.717) is 17.9 Å². The number of hydrogen-bond donors (Lipinski definition) is 0. The second-order valence-electron chi connectivity index (χ2n) is 6.72. The Kier molecular flexibility index (Phi) is 5.47. The van der Waals surface area contributed by atoms with Gasteiger partial charge in [0, 0.05) is 24.2 Å². The zero-order chi connectivity index (χ0) is 19.6. The fourth-order valence-electron chi connectivity index (χ4n) is 3.61. The van der Waals surface area contributed by atoms with E-state index in [-0.39, 0.29) is 17.2 Å². The summed E-state index contributed by atoms with van der Waals surface area (Å²) in [4.78, 5) is 14.8. The van der Waals surface area contributed by atoms with Crippen molar-refractivity contribution in [3.05, 3.63) is 50.9 Å². The predicted octanol–water partition coefficient (Wildman–Crippen LogP) is 2.54. The van der Waals surface area contributed by atoms with Crippen molar-refractivity contribution < 1.29 is 9.47 Å². The van der Waals surface area contributed by atoms with Crippen LogP contribution in [-0.2, 0) is 6.67 Å². The molecule has 1 aromatic carbocycles. The van der Waals surface area contributed by atoms with Crippen LogP contribution in [0, 0.1) is 25.2 Å². The topological polar surface area (TPSA) is 80.4 Å². The molecule has 0 saturated carbocycles. The van der Waals surface area contributed by atoms with Crippen molar-refractivity contribution in [3.8, 4) is 17.6 Å². The van der Waals surface area contributed by atoms with Gasteiger partial charge in [-0.2, -0.15) is 10.4 Å². The zero-order valence-electron chi connectivity index (χ0n) is 16.2. The number of benzene rings is 1. The van der Waals surface area contributed by atoms with Gasteiger partial charge in [-0.3, -0.25) is 9.69 Å². The lowest BCUT2D eigenvalue weighted by Crippen LogP contribution is -2.35. The van der Waals surface area contributed by atoms with Gasteiger partial charge < -0.3 is 9.47 Å². The number of aryl methyl sites for hydroxylation is 1. The van der Waals surface area contributed by atoms with Crippen LogP contribution in [0.2, 0.25) is 0 Å². The maximum absolute atomic E-state index is 12.6. The third-order valence-corrected chi connectivity index (χ3v) is 5.23. The van der Waals surface area contributed by atoms with E-state index in [0.717, 1.165) is 36.4 Å². The van der Waals surface area contributed by atoms with Crippen LogP contribution in [0.25, 0.3) is 0 Å². The van der Waals surface area contributed by atoms with Gasteiger partial charge in [-0.1, -0.05) is 6.07 Å². The molecule has 1 aromatic heterocycles. The molecule has 2 aromatic rings. The van der Waals surface area contributed by atoms with Gasteiger partial charge in [0.25, 0.3) is 5.56 Å². The minimum absolute atomic E-state index is 0.117. The Morgan fingerprint density at radius 1 is 1.30 bits per heavy atom. The van der Waals surface area contributed by atoms with E-state index in [1.54, 1.807) is 21.1 Å². The summed E-state index contributed by atoms with van der Waals surface area (Å²) < 4.78 is 12.2. The monoisotopic (exact) mass is 368 g/mol. The summed E-state index contributed by atoms with van der Waals surface area (Å²) in [5.74, 6) is 1.51. The van der Waals surface area contributed by atoms with Gasteiger partial charge in [-0.25, -0.2) is 4.68 Å². The maximum Gasteiger partial charge on any atom is 0.286 e. The van der Waals surface area contributed by atoms with Crippen molar-refractivity contribution in [2.75, 3.05) is 20.8 Å². The van der Waals surface area contributed by atoms with E-state index < -0.39 is 0 Å². The summed E-state index contributed by atoms with van der Waals surface area (Å²) in [6, 6.07) is 7.94. The smallest absolute Gasteiger partial charge is 0.286 e. The van der Waals surface area contributed by atoms with Gasteiger partial charge in [-0.05, 0) is 38.3 Å². The molecule has 0 bridgehead atoms. The zero-order valence-corrected chi connectivity index (χ0v) is 16.2. The molecule has 0 spiro atoms. The van der Waals surface area contributed by atoms with Crippen molar-refractivity contribution in [1.29, 1.82) is 5.26 Å². The highest BCUT2D eigenvalue weighted by Crippen LogP contribution is 2.38. The normalized spacial score (nSPS) is 16.9. The van der Waals surface area contributed by atoms with Gasteiger partial charge in [0.15, 0.2) is 0 Å². The number of likely N-dealkylation sites (tertiary alicyclic amines) is 1. The van der Waals surface area contributed by atoms with E-state index >= 15 is 0 Å². The lowest BCUT2D eigenvalue weighted by molar-refractivity contribution is 0.183. The summed E-state index contributed by atoms with van der Waals surface area (Å²) in [5.41, 5.74) is 2.24. The number of rotatable bonds is 5. The van der Waals surface area contributed by atoms with Crippen LogP contribution in [0.5, 0.6) is 11.5 Å². The van der Waals surface area contributed by atoms with Crippen LogP contribution in [0.15, 0.2) is 23.0 Å². The highest BCUT2D eigenvalue weighted by atomic mass is 16.5. The molecule has 1 atom stereocenters. The molecule has 0 N–H and O–H groups in total. The van der Waals surface area contributed by atoms with Crippen LogP contribution in [0.1, 0.15) is 41.3 Å². The first-order valence-electron chi connectivity index (χ1n) is 8.94. The van der Waals surface area contributed by atoms with Crippen molar-refractivity contribution in [3.63, 3.8) is 0 Å². The van der Waals surface area contributed by atoms with E-state index in [2.05, 4.69) is 10.00 Å². The third kappa shape index (κ3) is 3.53. The molecule has 1 fully saturated rings. The predicted molar refractivity (Wildman–Crippen MR) is 101 cm³/mol. The molecule has 0 unspecified atom stereocenters. The van der Waals surface area contributed by atoms with Gasteiger partial charge in [0.1, 0.15) is 23.1 Å². The molecule has 1 aliphatic rings. The molecule has 7 heteroatoms. The Balaban J connectivity index is 1.94. The van der Waals surface area contributed by atoms with Crippen molar-refractivity contribution in [1.82, 2.24) is 14.7 Å². The molecule has 0 aliphatic carbocycles. The van der Waals surface area contributed by atoms with Crippen LogP contribution >= 0.6 is 0 Å². The minimum atomic E-state index is -0.340. The maximum atomic E-state index is 12.6. The number of aromatic nitrogens is 2. The van der Waals surface area contributed by atoms with Gasteiger partial charge in [-0.15, -0.1) is 0 Å². The van der Waals surface area contributed by atoms with Crippen molar-refractivity contribution in [2.24, 2.45) is 0 Å². The summed E-state index contributed by atoms with van der Waals surface area (Å²) in [6.07, 6.45) is 1.98. The third-order valence-electron chi connectivity index (χ3n) is 5.23. The molecule has 1 aliphatic heterocycles. The second kappa shape index (κ2) is 7.80. The number of nitriles is 1. The van der Waals surface area contributed by atoms with Crippen molar-refractivity contribution >= 4 is 0 Å². The molecule has 27 heavy (non-hydrogen) atoms. The average Bonchev–Trinajstić information content (AvgIpc) is 3.14. The van der Waals surface area contributed by atoms with Crippen LogP contribution in [0.4, 0.5) is 0 Å². The van der Waals surface area contributed by atoms with E-state index in [9.17, 15) is 10.1 Å². The Bertz CT molecular complexity index is 945. The number of ether oxygens (including phenoxy) is 2. The highest BCUT2D eigenvalue weighted by molar-refractivity contribution is 5.43. The summed E-state index contributed by atoms with van der Waals surface area (Å²) in [7, 11) is 3.27. The largest absolute Gasteiger partial charge is 0.497 e. The second-order valence-corrected chi connectivity index (χ2v) is 6.72. The fourth-order valence-corrected chi connectivity index (χ4v) is 3.61. The summed E-state index contributed by atoms with van der Waals surface area (Å²) >= 11 is 0. The minimum Gasteiger partial charge on any atom is -0.497 e. The first kappa shape index (κ1) is 18.9. The molecule has 0 radical (unpaired) electrons. The van der Waals surface area contributed by atoms with E-state index in [1.165, 1.54) is 4.68 Å². The molecule has 142 valence electrons.